The molecule has 1 amide bonds. The van der Waals surface area contributed by atoms with Gasteiger partial charge in [-0.25, -0.2) is 4.39 Å². The fourth-order valence-electron chi connectivity index (χ4n) is 2.54. The first-order valence-electron chi connectivity index (χ1n) is 5.81. The first-order valence-corrected chi connectivity index (χ1v) is 5.81. The third kappa shape index (κ3) is 1.76. The van der Waals surface area contributed by atoms with Crippen molar-refractivity contribution < 1.29 is 9.18 Å². The van der Waals surface area contributed by atoms with Crippen molar-refractivity contribution in [1.29, 1.82) is 0 Å². The van der Waals surface area contributed by atoms with Gasteiger partial charge in [0, 0.05) is 26.1 Å². The van der Waals surface area contributed by atoms with E-state index in [4.69, 9.17) is 0 Å². The molecule has 2 heterocycles. The van der Waals surface area contributed by atoms with Crippen LogP contribution in [0.15, 0.2) is 18.2 Å². The maximum atomic E-state index is 13.7. The number of para-hydroxylation sites is 1. The topological polar surface area (TPSA) is 44.4 Å². The number of carbonyl (C=O) groups excluding carboxylic acids is 1. The van der Waals surface area contributed by atoms with Gasteiger partial charge in [-0.2, -0.15) is 0 Å². The number of hydrogen-bond donors (Lipinski definition) is 2. The average Bonchev–Trinajstić information content (AvgIpc) is 2.46. The van der Waals surface area contributed by atoms with Crippen LogP contribution in [0.3, 0.4) is 0 Å². The van der Waals surface area contributed by atoms with E-state index in [0.29, 0.717) is 12.1 Å². The number of carbonyl (C=O) groups is 1. The van der Waals surface area contributed by atoms with Crippen molar-refractivity contribution in [3.63, 3.8) is 0 Å². The highest BCUT2D eigenvalue weighted by Crippen LogP contribution is 2.33. The Balaban J connectivity index is 2.09. The lowest BCUT2D eigenvalue weighted by atomic mass is 10.1. The van der Waals surface area contributed by atoms with Gasteiger partial charge in [0.2, 0.25) is 5.91 Å². The molecular formula is C12H14FN3O. The van der Waals surface area contributed by atoms with Crippen LogP contribution in [-0.2, 0) is 4.79 Å². The molecule has 0 saturated carbocycles. The minimum Gasteiger partial charge on any atom is -0.364 e. The number of nitrogens with zero attached hydrogens (tertiary/aromatic N) is 1. The highest BCUT2D eigenvalue weighted by Gasteiger charge is 2.30. The molecule has 0 aliphatic carbocycles. The fraction of sp³-hybridized carbons (Fsp3) is 0.417. The van der Waals surface area contributed by atoms with Crippen molar-refractivity contribution in [3.8, 4) is 0 Å². The van der Waals surface area contributed by atoms with E-state index < -0.39 is 0 Å². The van der Waals surface area contributed by atoms with E-state index in [0.717, 1.165) is 25.3 Å². The zero-order chi connectivity index (χ0) is 11.8. The second-order valence-electron chi connectivity index (χ2n) is 4.44. The Bertz CT molecular complexity index is 463. The van der Waals surface area contributed by atoms with Crippen LogP contribution in [0.2, 0.25) is 0 Å². The molecule has 0 radical (unpaired) electrons. The summed E-state index contributed by atoms with van der Waals surface area (Å²) in [5.74, 6) is -0.484. The monoisotopic (exact) mass is 235 g/mol. The van der Waals surface area contributed by atoms with Crippen molar-refractivity contribution in [2.45, 2.75) is 12.5 Å². The van der Waals surface area contributed by atoms with Gasteiger partial charge in [0.15, 0.2) is 0 Å². The molecule has 1 fully saturated rings. The average molecular weight is 235 g/mol. The minimum absolute atomic E-state index is 0.117. The van der Waals surface area contributed by atoms with Crippen LogP contribution in [0.1, 0.15) is 6.42 Å². The Kier molecular flexibility index (Phi) is 2.48. The molecule has 0 bridgehead atoms. The molecule has 5 heteroatoms. The van der Waals surface area contributed by atoms with E-state index in [-0.39, 0.29) is 17.8 Å². The highest BCUT2D eigenvalue weighted by molar-refractivity contribution is 5.97. The van der Waals surface area contributed by atoms with Crippen LogP contribution < -0.4 is 15.5 Å². The summed E-state index contributed by atoms with van der Waals surface area (Å²) < 4.78 is 13.7. The molecule has 1 unspecified atom stereocenters. The summed E-state index contributed by atoms with van der Waals surface area (Å²) in [7, 11) is 0. The molecule has 1 saturated heterocycles. The molecule has 1 aromatic carbocycles. The molecule has 4 nitrogen and oxygen atoms in total. The number of hydrogen-bond acceptors (Lipinski definition) is 3. The van der Waals surface area contributed by atoms with Crippen molar-refractivity contribution in [2.75, 3.05) is 29.9 Å². The maximum absolute atomic E-state index is 13.7. The number of rotatable bonds is 0. The Morgan fingerprint density at radius 3 is 3.18 bits per heavy atom. The molecule has 0 aromatic heterocycles. The Labute approximate surface area is 98.8 Å². The van der Waals surface area contributed by atoms with Crippen LogP contribution in [0.4, 0.5) is 15.8 Å². The highest BCUT2D eigenvalue weighted by atomic mass is 19.1. The summed E-state index contributed by atoms with van der Waals surface area (Å²) in [6.07, 6.45) is 0.404. The van der Waals surface area contributed by atoms with Crippen molar-refractivity contribution in [2.24, 2.45) is 0 Å². The van der Waals surface area contributed by atoms with E-state index in [1.807, 2.05) is 6.07 Å². The van der Waals surface area contributed by atoms with Gasteiger partial charge >= 0.3 is 0 Å². The zero-order valence-electron chi connectivity index (χ0n) is 9.37. The minimum atomic E-state index is -0.366. The molecule has 90 valence electrons. The number of amides is 1. The molecule has 0 spiro atoms. The number of anilines is 2. The third-order valence-corrected chi connectivity index (χ3v) is 3.34. The summed E-state index contributed by atoms with van der Waals surface area (Å²) in [4.78, 5) is 13.8. The third-order valence-electron chi connectivity index (χ3n) is 3.34. The van der Waals surface area contributed by atoms with Gasteiger partial charge in [-0.15, -0.1) is 0 Å². The second-order valence-corrected chi connectivity index (χ2v) is 4.44. The standard InChI is InChI=1S/C12H14FN3O/c13-9-2-1-3-10-12(9)15-11(17)6-8-7-14-4-5-16(8)10/h1-3,8,14H,4-7H2,(H,15,17). The molecular weight excluding hydrogens is 221 g/mol. The Morgan fingerprint density at radius 2 is 2.29 bits per heavy atom. The quantitative estimate of drug-likeness (QED) is 0.703. The molecule has 1 atom stereocenters. The summed E-state index contributed by atoms with van der Waals surface area (Å²) >= 11 is 0. The number of nitrogens with one attached hydrogen (secondary N) is 2. The summed E-state index contributed by atoms with van der Waals surface area (Å²) in [6.45, 7) is 2.43. The number of fused-ring (bicyclic) bond motifs is 3. The van der Waals surface area contributed by atoms with Gasteiger partial charge in [-0.05, 0) is 12.1 Å². The lowest BCUT2D eigenvalue weighted by Crippen LogP contribution is -2.51. The first kappa shape index (κ1) is 10.5. The van der Waals surface area contributed by atoms with Crippen molar-refractivity contribution >= 4 is 17.3 Å². The van der Waals surface area contributed by atoms with Crippen molar-refractivity contribution in [3.05, 3.63) is 24.0 Å². The Morgan fingerprint density at radius 1 is 1.41 bits per heavy atom. The van der Waals surface area contributed by atoms with Crippen molar-refractivity contribution in [1.82, 2.24) is 5.32 Å². The van der Waals surface area contributed by atoms with Crippen LogP contribution in [0.5, 0.6) is 0 Å². The number of halogens is 1. The summed E-state index contributed by atoms with van der Waals surface area (Å²) in [6, 6.07) is 5.04. The fourth-order valence-corrected chi connectivity index (χ4v) is 2.54. The normalized spacial score (nSPS) is 23.5. The van der Waals surface area contributed by atoms with Gasteiger partial charge in [0.25, 0.3) is 0 Å². The lowest BCUT2D eigenvalue weighted by Gasteiger charge is -2.36. The molecule has 2 aliphatic rings. The maximum Gasteiger partial charge on any atom is 0.226 e. The second kappa shape index (κ2) is 4.00. The zero-order valence-corrected chi connectivity index (χ0v) is 9.37. The summed E-state index contributed by atoms with van der Waals surface area (Å²) in [5, 5.41) is 5.93. The van der Waals surface area contributed by atoms with E-state index in [9.17, 15) is 9.18 Å². The molecule has 2 aliphatic heterocycles. The van der Waals surface area contributed by atoms with Gasteiger partial charge in [-0.1, -0.05) is 6.07 Å². The predicted molar refractivity (Wildman–Crippen MR) is 63.7 cm³/mol. The summed E-state index contributed by atoms with van der Waals surface area (Å²) in [5.41, 5.74) is 1.12. The van der Waals surface area contributed by atoms with Crippen LogP contribution in [-0.4, -0.2) is 31.6 Å². The van der Waals surface area contributed by atoms with E-state index in [1.165, 1.54) is 6.07 Å². The first-order chi connectivity index (χ1) is 8.25. The van der Waals surface area contributed by atoms with E-state index in [1.54, 1.807) is 6.07 Å². The van der Waals surface area contributed by atoms with Crippen LogP contribution >= 0.6 is 0 Å². The van der Waals surface area contributed by atoms with Crippen LogP contribution in [0.25, 0.3) is 0 Å². The predicted octanol–water partition coefficient (Wildman–Crippen LogP) is 0.946. The number of piperazine rings is 1. The van der Waals surface area contributed by atoms with Gasteiger partial charge in [0.05, 0.1) is 11.7 Å². The number of benzene rings is 1. The Hall–Kier alpha value is -1.62. The van der Waals surface area contributed by atoms with Crippen LogP contribution in [0, 0.1) is 5.82 Å². The van der Waals surface area contributed by atoms with Gasteiger partial charge < -0.3 is 15.5 Å². The molecule has 1 aromatic rings. The smallest absolute Gasteiger partial charge is 0.226 e. The lowest BCUT2D eigenvalue weighted by molar-refractivity contribution is -0.116. The van der Waals surface area contributed by atoms with Gasteiger partial charge in [0.1, 0.15) is 11.5 Å². The van der Waals surface area contributed by atoms with E-state index in [2.05, 4.69) is 15.5 Å². The molecule has 3 rings (SSSR count). The molecule has 2 N–H and O–H groups in total. The van der Waals surface area contributed by atoms with Gasteiger partial charge in [-0.3, -0.25) is 4.79 Å². The SMILES string of the molecule is O=C1CC2CNCCN2c2cccc(F)c2N1. The van der Waals surface area contributed by atoms with E-state index >= 15 is 0 Å². The molecule has 17 heavy (non-hydrogen) atoms. The largest absolute Gasteiger partial charge is 0.364 e.